The van der Waals surface area contributed by atoms with E-state index in [4.69, 9.17) is 5.10 Å². The normalized spacial score (nSPS) is 13.0. The maximum atomic E-state index is 13.2. The van der Waals surface area contributed by atoms with Crippen LogP contribution in [0.1, 0.15) is 43.9 Å². The van der Waals surface area contributed by atoms with Gasteiger partial charge in [-0.25, -0.2) is 4.68 Å². The van der Waals surface area contributed by atoms with Gasteiger partial charge in [0, 0.05) is 23.5 Å². The Hall–Kier alpha value is -3.60. The van der Waals surface area contributed by atoms with E-state index in [2.05, 4.69) is 42.7 Å². The Kier molecular flexibility index (Phi) is 4.54. The van der Waals surface area contributed by atoms with Crippen LogP contribution in [-0.4, -0.2) is 25.2 Å². The molecule has 0 N–H and O–H groups in total. The fraction of sp³-hybridized carbons (Fsp3) is 0.231. The molecular weight excluding hydrogens is 384 g/mol. The van der Waals surface area contributed by atoms with E-state index in [0.29, 0.717) is 13.1 Å². The molecular formula is C26H26N4O. The lowest BCUT2D eigenvalue weighted by atomic mass is 10.1. The van der Waals surface area contributed by atoms with Gasteiger partial charge >= 0.3 is 0 Å². The molecule has 0 saturated heterocycles. The van der Waals surface area contributed by atoms with Crippen LogP contribution in [0.5, 0.6) is 0 Å². The molecule has 5 nitrogen and oxygen atoms in total. The average Bonchev–Trinajstić information content (AvgIpc) is 3.42. The highest BCUT2D eigenvalue weighted by molar-refractivity contribution is 5.95. The second-order valence-electron chi connectivity index (χ2n) is 8.58. The van der Waals surface area contributed by atoms with E-state index in [1.54, 1.807) is 0 Å². The summed E-state index contributed by atoms with van der Waals surface area (Å²) in [5.74, 6) is 1.06. The summed E-state index contributed by atoms with van der Waals surface area (Å²) in [5.41, 5.74) is 8.49. The molecule has 0 unspecified atom stereocenters. The monoisotopic (exact) mass is 410 g/mol. The van der Waals surface area contributed by atoms with Gasteiger partial charge in [-0.05, 0) is 63.6 Å². The first-order valence-corrected chi connectivity index (χ1v) is 10.6. The van der Waals surface area contributed by atoms with Crippen LogP contribution < -0.4 is 0 Å². The van der Waals surface area contributed by atoms with E-state index >= 15 is 0 Å². The first-order chi connectivity index (χ1) is 14.9. The number of fused-ring (bicyclic) bond motifs is 1. The first kappa shape index (κ1) is 19.4. The Morgan fingerprint density at radius 2 is 1.58 bits per heavy atom. The summed E-state index contributed by atoms with van der Waals surface area (Å²) in [6.07, 6.45) is 4.07. The van der Waals surface area contributed by atoms with E-state index in [-0.39, 0.29) is 5.91 Å². The average molecular weight is 411 g/mol. The molecule has 0 radical (unpaired) electrons. The molecule has 31 heavy (non-hydrogen) atoms. The predicted octanol–water partition coefficient (Wildman–Crippen LogP) is 5.05. The highest BCUT2D eigenvalue weighted by Crippen LogP contribution is 2.32. The molecule has 2 aromatic carbocycles. The standard InChI is InChI=1S/C26H26N4O/c1-17-7-8-24(20(4)12-17)30-25(28-9-5-6-10-28)22-15-29(16-23(22)27-30)26(31)21-13-18(2)11-19(3)14-21/h5-14H,15-16H2,1-4H3. The summed E-state index contributed by atoms with van der Waals surface area (Å²) in [7, 11) is 0. The highest BCUT2D eigenvalue weighted by atomic mass is 16.2. The van der Waals surface area contributed by atoms with Crippen LogP contribution in [0.2, 0.25) is 0 Å². The van der Waals surface area contributed by atoms with Crippen LogP contribution in [0.25, 0.3) is 11.5 Å². The number of rotatable bonds is 3. The van der Waals surface area contributed by atoms with Crippen molar-refractivity contribution >= 4 is 5.91 Å². The Morgan fingerprint density at radius 3 is 2.26 bits per heavy atom. The van der Waals surface area contributed by atoms with Crippen molar-refractivity contribution in [2.75, 3.05) is 0 Å². The minimum absolute atomic E-state index is 0.0568. The van der Waals surface area contributed by atoms with Crippen molar-refractivity contribution < 1.29 is 4.79 Å². The molecule has 2 aromatic heterocycles. The first-order valence-electron chi connectivity index (χ1n) is 10.6. The van der Waals surface area contributed by atoms with Gasteiger partial charge in [0.25, 0.3) is 5.91 Å². The molecule has 0 spiro atoms. The van der Waals surface area contributed by atoms with E-state index < -0.39 is 0 Å². The van der Waals surface area contributed by atoms with Crippen LogP contribution >= 0.6 is 0 Å². The topological polar surface area (TPSA) is 43.1 Å². The number of benzene rings is 2. The van der Waals surface area contributed by atoms with Crippen molar-refractivity contribution in [1.82, 2.24) is 19.2 Å². The van der Waals surface area contributed by atoms with Crippen LogP contribution in [0.4, 0.5) is 0 Å². The van der Waals surface area contributed by atoms with E-state index in [9.17, 15) is 4.79 Å². The van der Waals surface area contributed by atoms with Gasteiger partial charge in [-0.3, -0.25) is 4.79 Å². The fourth-order valence-corrected chi connectivity index (χ4v) is 4.58. The van der Waals surface area contributed by atoms with Crippen molar-refractivity contribution in [2.45, 2.75) is 40.8 Å². The van der Waals surface area contributed by atoms with Crippen molar-refractivity contribution in [3.05, 3.63) is 100.0 Å². The minimum Gasteiger partial charge on any atom is -0.328 e. The molecule has 0 atom stereocenters. The Morgan fingerprint density at radius 1 is 0.871 bits per heavy atom. The molecule has 0 fully saturated rings. The van der Waals surface area contributed by atoms with Gasteiger partial charge < -0.3 is 9.47 Å². The summed E-state index contributed by atoms with van der Waals surface area (Å²) in [6, 6.07) is 16.5. The maximum Gasteiger partial charge on any atom is 0.254 e. The lowest BCUT2D eigenvalue weighted by Crippen LogP contribution is -2.26. The van der Waals surface area contributed by atoms with Crippen molar-refractivity contribution in [3.63, 3.8) is 0 Å². The number of carbonyl (C=O) groups is 1. The van der Waals surface area contributed by atoms with E-state index in [1.165, 1.54) is 11.1 Å². The second-order valence-corrected chi connectivity index (χ2v) is 8.58. The van der Waals surface area contributed by atoms with Crippen LogP contribution in [0.15, 0.2) is 60.9 Å². The van der Waals surface area contributed by atoms with Gasteiger partial charge in [-0.15, -0.1) is 0 Å². The van der Waals surface area contributed by atoms with Crippen molar-refractivity contribution in [2.24, 2.45) is 0 Å². The summed E-state index contributed by atoms with van der Waals surface area (Å²) >= 11 is 0. The predicted molar refractivity (Wildman–Crippen MR) is 122 cm³/mol. The summed E-state index contributed by atoms with van der Waals surface area (Å²) in [5, 5.41) is 4.97. The second kappa shape index (κ2) is 7.27. The maximum absolute atomic E-state index is 13.2. The van der Waals surface area contributed by atoms with E-state index in [0.717, 1.165) is 39.5 Å². The van der Waals surface area contributed by atoms with Crippen LogP contribution in [-0.2, 0) is 13.1 Å². The zero-order valence-corrected chi connectivity index (χ0v) is 18.4. The van der Waals surface area contributed by atoms with Gasteiger partial charge in [0.1, 0.15) is 5.82 Å². The molecule has 1 aliphatic heterocycles. The molecule has 0 bridgehead atoms. The van der Waals surface area contributed by atoms with Gasteiger partial charge in [-0.2, -0.15) is 5.10 Å². The molecule has 5 rings (SSSR count). The summed E-state index contributed by atoms with van der Waals surface area (Å²) in [6.45, 7) is 9.35. The molecule has 1 amide bonds. The largest absolute Gasteiger partial charge is 0.328 e. The minimum atomic E-state index is 0.0568. The van der Waals surface area contributed by atoms with Crippen LogP contribution in [0.3, 0.4) is 0 Å². The summed E-state index contributed by atoms with van der Waals surface area (Å²) < 4.78 is 4.12. The number of hydrogen-bond donors (Lipinski definition) is 0. The third-order valence-electron chi connectivity index (χ3n) is 5.91. The van der Waals surface area contributed by atoms with Crippen molar-refractivity contribution in [3.8, 4) is 11.5 Å². The Balaban J connectivity index is 1.56. The lowest BCUT2D eigenvalue weighted by Gasteiger charge is -2.19. The highest BCUT2D eigenvalue weighted by Gasteiger charge is 2.32. The molecule has 5 heteroatoms. The molecule has 4 aromatic rings. The number of amides is 1. The fourth-order valence-electron chi connectivity index (χ4n) is 4.58. The third kappa shape index (κ3) is 3.36. The number of aryl methyl sites for hydroxylation is 4. The zero-order chi connectivity index (χ0) is 21.7. The lowest BCUT2D eigenvalue weighted by molar-refractivity contribution is 0.0749. The number of nitrogens with zero attached hydrogens (tertiary/aromatic N) is 4. The molecule has 0 saturated carbocycles. The number of hydrogen-bond acceptors (Lipinski definition) is 2. The van der Waals surface area contributed by atoms with Gasteiger partial charge in [0.05, 0.1) is 24.5 Å². The number of aromatic nitrogens is 3. The smallest absolute Gasteiger partial charge is 0.254 e. The van der Waals surface area contributed by atoms with Crippen molar-refractivity contribution in [1.29, 1.82) is 0 Å². The molecule has 3 heterocycles. The summed E-state index contributed by atoms with van der Waals surface area (Å²) in [4.78, 5) is 15.1. The molecule has 156 valence electrons. The van der Waals surface area contributed by atoms with E-state index in [1.807, 2.05) is 60.1 Å². The third-order valence-corrected chi connectivity index (χ3v) is 5.91. The molecule has 1 aliphatic rings. The quantitative estimate of drug-likeness (QED) is 0.474. The van der Waals surface area contributed by atoms with Gasteiger partial charge in [-0.1, -0.05) is 34.9 Å². The Bertz CT molecular complexity index is 1280. The zero-order valence-electron chi connectivity index (χ0n) is 18.4. The van der Waals surface area contributed by atoms with Gasteiger partial charge in [0.15, 0.2) is 0 Å². The van der Waals surface area contributed by atoms with Gasteiger partial charge in [0.2, 0.25) is 0 Å². The number of carbonyl (C=O) groups excluding carboxylic acids is 1. The SMILES string of the molecule is Cc1cc(C)cc(C(=O)N2Cc3nn(-c4ccc(C)cc4C)c(-n4cccc4)c3C2)c1. The molecule has 0 aliphatic carbocycles. The Labute approximate surface area is 182 Å². The van der Waals surface area contributed by atoms with Crippen LogP contribution in [0, 0.1) is 27.7 Å².